The Hall–Kier alpha value is -1.95. The number of benzene rings is 1. The quantitative estimate of drug-likeness (QED) is 0.645. The number of anilines is 2. The van der Waals surface area contributed by atoms with Crippen molar-refractivity contribution < 1.29 is 9.52 Å². The Morgan fingerprint density at radius 2 is 2.11 bits per heavy atom. The summed E-state index contributed by atoms with van der Waals surface area (Å²) >= 11 is 0. The van der Waals surface area contributed by atoms with Crippen LogP contribution in [0.25, 0.3) is 11.1 Å². The highest BCUT2D eigenvalue weighted by atomic mass is 16.4. The number of H-pyrrole nitrogens is 1. The van der Waals surface area contributed by atoms with Crippen LogP contribution in [0.1, 0.15) is 12.8 Å². The molecule has 1 aromatic heterocycles. The lowest BCUT2D eigenvalue weighted by Crippen LogP contribution is -2.36. The number of piperidine rings is 1. The summed E-state index contributed by atoms with van der Waals surface area (Å²) in [6, 6.07) is 3.49. The molecule has 0 radical (unpaired) electrons. The lowest BCUT2D eigenvalue weighted by molar-refractivity contribution is 0.145. The lowest BCUT2D eigenvalue weighted by atomic mass is 10.1. The maximum atomic E-state index is 11.1. The number of rotatable bonds is 1. The zero-order chi connectivity index (χ0) is 12.7. The van der Waals surface area contributed by atoms with Gasteiger partial charge in [-0.1, -0.05) is 0 Å². The Morgan fingerprint density at radius 1 is 1.39 bits per heavy atom. The Bertz CT molecular complexity index is 623. The van der Waals surface area contributed by atoms with Gasteiger partial charge in [0, 0.05) is 19.2 Å². The zero-order valence-corrected chi connectivity index (χ0v) is 9.85. The molecule has 2 heterocycles. The number of aromatic nitrogens is 1. The van der Waals surface area contributed by atoms with Gasteiger partial charge in [-0.2, -0.15) is 0 Å². The molecule has 1 saturated heterocycles. The van der Waals surface area contributed by atoms with Gasteiger partial charge in [0.25, 0.3) is 0 Å². The van der Waals surface area contributed by atoms with E-state index in [1.807, 2.05) is 6.07 Å². The van der Waals surface area contributed by atoms with Crippen LogP contribution in [0.3, 0.4) is 0 Å². The second-order valence-corrected chi connectivity index (χ2v) is 4.64. The molecule has 4 N–H and O–H groups in total. The molecule has 0 aliphatic carbocycles. The van der Waals surface area contributed by atoms with Gasteiger partial charge in [-0.25, -0.2) is 4.79 Å². The number of nitrogens with one attached hydrogen (secondary N) is 1. The highest BCUT2D eigenvalue weighted by Gasteiger charge is 2.19. The van der Waals surface area contributed by atoms with Gasteiger partial charge in [0.15, 0.2) is 5.58 Å². The molecule has 0 bridgehead atoms. The van der Waals surface area contributed by atoms with Crippen molar-refractivity contribution in [3.05, 3.63) is 22.7 Å². The number of fused-ring (bicyclic) bond motifs is 1. The monoisotopic (exact) mass is 249 g/mol. The van der Waals surface area contributed by atoms with E-state index in [4.69, 9.17) is 10.2 Å². The van der Waals surface area contributed by atoms with Gasteiger partial charge < -0.3 is 20.2 Å². The van der Waals surface area contributed by atoms with E-state index in [0.29, 0.717) is 16.8 Å². The molecule has 0 unspecified atom stereocenters. The molecule has 1 fully saturated rings. The molecule has 18 heavy (non-hydrogen) atoms. The van der Waals surface area contributed by atoms with Gasteiger partial charge in [-0.15, -0.1) is 0 Å². The van der Waals surface area contributed by atoms with Crippen molar-refractivity contribution in [1.29, 1.82) is 0 Å². The standard InChI is InChI=1S/C12H15N3O3/c13-8-5-11-9(14-12(17)18-11)6-10(8)15-3-1-7(16)2-4-15/h5-7,16H,1-4,13H2,(H,14,17). The lowest BCUT2D eigenvalue weighted by Gasteiger charge is -2.32. The van der Waals surface area contributed by atoms with Crippen molar-refractivity contribution in [2.45, 2.75) is 18.9 Å². The molecule has 96 valence electrons. The van der Waals surface area contributed by atoms with E-state index in [9.17, 15) is 9.90 Å². The van der Waals surface area contributed by atoms with Crippen molar-refractivity contribution in [3.8, 4) is 0 Å². The van der Waals surface area contributed by atoms with E-state index >= 15 is 0 Å². The van der Waals surface area contributed by atoms with Crippen LogP contribution < -0.4 is 16.4 Å². The Morgan fingerprint density at radius 3 is 2.83 bits per heavy atom. The summed E-state index contributed by atoms with van der Waals surface area (Å²) in [4.78, 5) is 15.9. The molecule has 0 saturated carbocycles. The molecular weight excluding hydrogens is 234 g/mol. The molecule has 1 aliphatic rings. The zero-order valence-electron chi connectivity index (χ0n) is 9.85. The van der Waals surface area contributed by atoms with E-state index in [1.165, 1.54) is 0 Å². The number of oxazole rings is 1. The maximum absolute atomic E-state index is 11.1. The molecule has 3 rings (SSSR count). The summed E-state index contributed by atoms with van der Waals surface area (Å²) in [6.07, 6.45) is 1.25. The SMILES string of the molecule is Nc1cc2oc(=O)[nH]c2cc1N1CCC(O)CC1. The molecule has 6 heteroatoms. The molecule has 0 spiro atoms. The summed E-state index contributed by atoms with van der Waals surface area (Å²) in [7, 11) is 0. The number of aliphatic hydroxyl groups excluding tert-OH is 1. The van der Waals surface area contributed by atoms with Gasteiger partial charge in [0.05, 0.1) is 23.0 Å². The minimum atomic E-state index is -0.476. The Kier molecular flexibility index (Phi) is 2.52. The predicted octanol–water partition coefficient (Wildman–Crippen LogP) is 0.664. The molecule has 1 aromatic carbocycles. The van der Waals surface area contributed by atoms with Gasteiger partial charge in [0.2, 0.25) is 0 Å². The number of nitrogens with zero attached hydrogens (tertiary/aromatic N) is 1. The van der Waals surface area contributed by atoms with Crippen LogP contribution in [-0.4, -0.2) is 29.3 Å². The van der Waals surface area contributed by atoms with Crippen LogP contribution in [0.4, 0.5) is 11.4 Å². The Labute approximate surface area is 103 Å². The Balaban J connectivity index is 2.00. The van der Waals surface area contributed by atoms with Crippen LogP contribution >= 0.6 is 0 Å². The summed E-state index contributed by atoms with van der Waals surface area (Å²) < 4.78 is 4.96. The number of nitrogen functional groups attached to an aromatic ring is 1. The number of aliphatic hydroxyl groups is 1. The van der Waals surface area contributed by atoms with Crippen LogP contribution in [0.15, 0.2) is 21.3 Å². The molecule has 0 amide bonds. The summed E-state index contributed by atoms with van der Waals surface area (Å²) in [6.45, 7) is 1.53. The van der Waals surface area contributed by atoms with E-state index in [1.54, 1.807) is 6.07 Å². The second-order valence-electron chi connectivity index (χ2n) is 4.64. The summed E-state index contributed by atoms with van der Waals surface area (Å²) in [5.74, 6) is -0.476. The summed E-state index contributed by atoms with van der Waals surface area (Å²) in [5.41, 5.74) is 8.57. The molecule has 2 aromatic rings. The first-order valence-corrected chi connectivity index (χ1v) is 5.99. The fourth-order valence-corrected chi connectivity index (χ4v) is 2.38. The van der Waals surface area contributed by atoms with Crippen molar-refractivity contribution in [2.75, 3.05) is 23.7 Å². The number of nitrogens with two attached hydrogens (primary N) is 1. The number of hydrogen-bond donors (Lipinski definition) is 3. The maximum Gasteiger partial charge on any atom is 0.417 e. The first kappa shape index (κ1) is 11.2. The van der Waals surface area contributed by atoms with Crippen LogP contribution in [0, 0.1) is 0 Å². The first-order chi connectivity index (χ1) is 8.63. The number of aromatic amines is 1. The molecular formula is C12H15N3O3. The van der Waals surface area contributed by atoms with E-state index in [0.717, 1.165) is 31.6 Å². The van der Waals surface area contributed by atoms with Gasteiger partial charge in [0.1, 0.15) is 0 Å². The minimum Gasteiger partial charge on any atom is -0.408 e. The minimum absolute atomic E-state index is 0.222. The average Bonchev–Trinajstić information content (AvgIpc) is 2.68. The second kappa shape index (κ2) is 4.06. The van der Waals surface area contributed by atoms with Gasteiger partial charge in [-0.05, 0) is 18.9 Å². The van der Waals surface area contributed by atoms with E-state index in [2.05, 4.69) is 9.88 Å². The average molecular weight is 249 g/mol. The predicted molar refractivity (Wildman–Crippen MR) is 68.7 cm³/mol. The van der Waals surface area contributed by atoms with Crippen molar-refractivity contribution in [1.82, 2.24) is 4.98 Å². The van der Waals surface area contributed by atoms with Crippen LogP contribution in [0.2, 0.25) is 0 Å². The highest BCUT2D eigenvalue weighted by Crippen LogP contribution is 2.29. The fourth-order valence-electron chi connectivity index (χ4n) is 2.38. The van der Waals surface area contributed by atoms with Crippen LogP contribution in [0.5, 0.6) is 0 Å². The normalized spacial score (nSPS) is 17.5. The largest absolute Gasteiger partial charge is 0.417 e. The highest BCUT2D eigenvalue weighted by molar-refractivity contribution is 5.85. The third-order valence-electron chi connectivity index (χ3n) is 3.37. The van der Waals surface area contributed by atoms with Crippen molar-refractivity contribution in [3.63, 3.8) is 0 Å². The van der Waals surface area contributed by atoms with E-state index < -0.39 is 5.76 Å². The first-order valence-electron chi connectivity index (χ1n) is 5.99. The molecule has 6 nitrogen and oxygen atoms in total. The molecule has 0 atom stereocenters. The van der Waals surface area contributed by atoms with E-state index in [-0.39, 0.29) is 6.10 Å². The topological polar surface area (TPSA) is 95.5 Å². The third-order valence-corrected chi connectivity index (χ3v) is 3.37. The number of hydrogen-bond acceptors (Lipinski definition) is 5. The fraction of sp³-hybridized carbons (Fsp3) is 0.417. The molecule has 1 aliphatic heterocycles. The van der Waals surface area contributed by atoms with Crippen LogP contribution in [-0.2, 0) is 0 Å². The van der Waals surface area contributed by atoms with Crippen molar-refractivity contribution in [2.24, 2.45) is 0 Å². The van der Waals surface area contributed by atoms with Gasteiger partial charge >= 0.3 is 5.76 Å². The van der Waals surface area contributed by atoms with Crippen molar-refractivity contribution >= 4 is 22.5 Å². The van der Waals surface area contributed by atoms with Gasteiger partial charge in [-0.3, -0.25) is 4.98 Å². The smallest absolute Gasteiger partial charge is 0.408 e. The third kappa shape index (κ3) is 1.84. The summed E-state index contributed by atoms with van der Waals surface area (Å²) in [5, 5.41) is 9.50.